The highest BCUT2D eigenvalue weighted by Gasteiger charge is 2.43. The molecule has 1 aromatic carbocycles. The van der Waals surface area contributed by atoms with Crippen LogP contribution >= 0.6 is 0 Å². The van der Waals surface area contributed by atoms with E-state index in [-0.39, 0.29) is 0 Å². The number of rotatable bonds is 2. The summed E-state index contributed by atoms with van der Waals surface area (Å²) in [6, 6.07) is 6.58. The third-order valence-corrected chi connectivity index (χ3v) is 3.55. The minimum Gasteiger partial charge on any atom is -0.493 e. The Labute approximate surface area is 84.1 Å². The molecule has 74 valence electrons. The van der Waals surface area contributed by atoms with Crippen LogP contribution in [0.4, 0.5) is 0 Å². The Balaban J connectivity index is 2.00. The summed E-state index contributed by atoms with van der Waals surface area (Å²) in [4.78, 5) is 0. The van der Waals surface area contributed by atoms with E-state index in [2.05, 4.69) is 18.2 Å². The van der Waals surface area contributed by atoms with Gasteiger partial charge in [0, 0.05) is 18.4 Å². The van der Waals surface area contributed by atoms with Gasteiger partial charge in [0.15, 0.2) is 0 Å². The lowest BCUT2D eigenvalue weighted by atomic mass is 9.94. The van der Waals surface area contributed by atoms with Gasteiger partial charge in [-0.05, 0) is 30.0 Å². The largest absolute Gasteiger partial charge is 0.493 e. The van der Waals surface area contributed by atoms with Crippen molar-refractivity contribution in [3.8, 4) is 5.75 Å². The molecule has 0 unspecified atom stereocenters. The first-order valence-electron chi connectivity index (χ1n) is 5.30. The SMILES string of the molecule is NCC1(c2ccc3c(c2)CCO3)CC1. The summed E-state index contributed by atoms with van der Waals surface area (Å²) < 4.78 is 5.49. The van der Waals surface area contributed by atoms with E-state index < -0.39 is 0 Å². The van der Waals surface area contributed by atoms with Crippen molar-refractivity contribution < 1.29 is 4.74 Å². The highest BCUT2D eigenvalue weighted by atomic mass is 16.5. The zero-order valence-electron chi connectivity index (χ0n) is 8.25. The first-order chi connectivity index (χ1) is 6.84. The van der Waals surface area contributed by atoms with Crippen molar-refractivity contribution in [3.63, 3.8) is 0 Å². The highest BCUT2D eigenvalue weighted by molar-refractivity contribution is 5.44. The summed E-state index contributed by atoms with van der Waals surface area (Å²) in [6.45, 7) is 1.63. The van der Waals surface area contributed by atoms with Gasteiger partial charge in [-0.25, -0.2) is 0 Å². The maximum Gasteiger partial charge on any atom is 0.122 e. The van der Waals surface area contributed by atoms with Crippen molar-refractivity contribution in [2.75, 3.05) is 13.2 Å². The van der Waals surface area contributed by atoms with Gasteiger partial charge >= 0.3 is 0 Å². The molecule has 0 saturated heterocycles. The third kappa shape index (κ3) is 1.07. The van der Waals surface area contributed by atoms with Crippen molar-refractivity contribution in [2.45, 2.75) is 24.7 Å². The van der Waals surface area contributed by atoms with Gasteiger partial charge in [-0.1, -0.05) is 12.1 Å². The third-order valence-electron chi connectivity index (χ3n) is 3.55. The van der Waals surface area contributed by atoms with Crippen LogP contribution in [0.3, 0.4) is 0 Å². The molecule has 14 heavy (non-hydrogen) atoms. The minimum atomic E-state index is 0.317. The maximum absolute atomic E-state index is 5.81. The molecule has 1 saturated carbocycles. The molecule has 0 atom stereocenters. The van der Waals surface area contributed by atoms with E-state index in [1.54, 1.807) is 0 Å². The lowest BCUT2D eigenvalue weighted by Gasteiger charge is -2.13. The smallest absolute Gasteiger partial charge is 0.122 e. The van der Waals surface area contributed by atoms with Gasteiger partial charge in [0.25, 0.3) is 0 Å². The fourth-order valence-electron chi connectivity index (χ4n) is 2.28. The zero-order valence-corrected chi connectivity index (χ0v) is 8.25. The van der Waals surface area contributed by atoms with E-state index in [4.69, 9.17) is 10.5 Å². The second-order valence-corrected chi connectivity index (χ2v) is 4.41. The van der Waals surface area contributed by atoms with E-state index in [0.29, 0.717) is 5.41 Å². The summed E-state index contributed by atoms with van der Waals surface area (Å²) >= 11 is 0. The van der Waals surface area contributed by atoms with E-state index in [1.807, 2.05) is 0 Å². The normalized spacial score (nSPS) is 21.5. The van der Waals surface area contributed by atoms with Crippen molar-refractivity contribution in [1.82, 2.24) is 0 Å². The predicted molar refractivity (Wildman–Crippen MR) is 55.6 cm³/mol. The molecular formula is C12H15NO. The number of hydrogen-bond acceptors (Lipinski definition) is 2. The van der Waals surface area contributed by atoms with Crippen LogP contribution in [-0.2, 0) is 11.8 Å². The maximum atomic E-state index is 5.81. The molecule has 1 heterocycles. The molecule has 0 amide bonds. The van der Waals surface area contributed by atoms with Gasteiger partial charge in [0.1, 0.15) is 5.75 Å². The fraction of sp³-hybridized carbons (Fsp3) is 0.500. The standard InChI is InChI=1S/C12H15NO/c13-8-12(4-5-12)10-1-2-11-9(7-10)3-6-14-11/h1-2,7H,3-6,8,13H2. The molecule has 2 nitrogen and oxygen atoms in total. The monoisotopic (exact) mass is 189 g/mol. The summed E-state index contributed by atoms with van der Waals surface area (Å²) in [5.41, 5.74) is 8.92. The molecule has 1 aliphatic heterocycles. The highest BCUT2D eigenvalue weighted by Crippen LogP contribution is 2.48. The molecular weight excluding hydrogens is 174 g/mol. The molecule has 0 aromatic heterocycles. The molecule has 0 spiro atoms. The van der Waals surface area contributed by atoms with E-state index >= 15 is 0 Å². The molecule has 1 aromatic rings. The lowest BCUT2D eigenvalue weighted by Crippen LogP contribution is -2.19. The van der Waals surface area contributed by atoms with E-state index in [1.165, 1.54) is 24.0 Å². The average molecular weight is 189 g/mol. The second-order valence-electron chi connectivity index (χ2n) is 4.41. The first kappa shape index (κ1) is 8.30. The van der Waals surface area contributed by atoms with Crippen molar-refractivity contribution >= 4 is 0 Å². The minimum absolute atomic E-state index is 0.317. The van der Waals surface area contributed by atoms with Gasteiger partial charge in [0.05, 0.1) is 6.61 Å². The number of hydrogen-bond donors (Lipinski definition) is 1. The topological polar surface area (TPSA) is 35.2 Å². The quantitative estimate of drug-likeness (QED) is 0.767. The fourth-order valence-corrected chi connectivity index (χ4v) is 2.28. The molecule has 1 aliphatic carbocycles. The van der Waals surface area contributed by atoms with E-state index in [0.717, 1.165) is 25.3 Å². The molecule has 2 heteroatoms. The second kappa shape index (κ2) is 2.74. The van der Waals surface area contributed by atoms with Gasteiger partial charge in [-0.15, -0.1) is 0 Å². The number of ether oxygens (including phenoxy) is 1. The van der Waals surface area contributed by atoms with Crippen molar-refractivity contribution in [1.29, 1.82) is 0 Å². The number of nitrogens with two attached hydrogens (primary N) is 1. The summed E-state index contributed by atoms with van der Waals surface area (Å²) in [6.07, 6.45) is 3.57. The van der Waals surface area contributed by atoms with Gasteiger partial charge in [0.2, 0.25) is 0 Å². The Morgan fingerprint density at radius 2 is 2.21 bits per heavy atom. The summed E-state index contributed by atoms with van der Waals surface area (Å²) in [5, 5.41) is 0. The van der Waals surface area contributed by atoms with E-state index in [9.17, 15) is 0 Å². The van der Waals surface area contributed by atoms with Crippen molar-refractivity contribution in [2.24, 2.45) is 5.73 Å². The molecule has 0 radical (unpaired) electrons. The van der Waals surface area contributed by atoms with Crippen LogP contribution in [0.5, 0.6) is 5.75 Å². The van der Waals surface area contributed by atoms with Gasteiger partial charge in [-0.3, -0.25) is 0 Å². The summed E-state index contributed by atoms with van der Waals surface area (Å²) in [5.74, 6) is 1.07. The molecule has 3 rings (SSSR count). The Morgan fingerprint density at radius 1 is 1.36 bits per heavy atom. The predicted octanol–water partition coefficient (Wildman–Crippen LogP) is 1.61. The summed E-state index contributed by atoms with van der Waals surface area (Å²) in [7, 11) is 0. The van der Waals surface area contributed by atoms with Crippen LogP contribution in [0, 0.1) is 0 Å². The molecule has 1 fully saturated rings. The van der Waals surface area contributed by atoms with Crippen LogP contribution in [0.1, 0.15) is 24.0 Å². The van der Waals surface area contributed by atoms with Crippen LogP contribution in [0.15, 0.2) is 18.2 Å². The zero-order chi connectivity index (χ0) is 9.60. The van der Waals surface area contributed by atoms with Crippen molar-refractivity contribution in [3.05, 3.63) is 29.3 Å². The van der Waals surface area contributed by atoms with Crippen LogP contribution in [0.2, 0.25) is 0 Å². The molecule has 2 aliphatic rings. The first-order valence-corrected chi connectivity index (χ1v) is 5.30. The lowest BCUT2D eigenvalue weighted by molar-refractivity contribution is 0.357. The van der Waals surface area contributed by atoms with Gasteiger partial charge < -0.3 is 10.5 Å². The van der Waals surface area contributed by atoms with Crippen LogP contribution < -0.4 is 10.5 Å². The average Bonchev–Trinajstić information content (AvgIpc) is 2.89. The Bertz CT molecular complexity index is 369. The molecule has 2 N–H and O–H groups in total. The number of benzene rings is 1. The van der Waals surface area contributed by atoms with Crippen LogP contribution in [0.25, 0.3) is 0 Å². The van der Waals surface area contributed by atoms with Crippen LogP contribution in [-0.4, -0.2) is 13.2 Å². The Hall–Kier alpha value is -1.02. The molecule has 0 bridgehead atoms. The van der Waals surface area contributed by atoms with Gasteiger partial charge in [-0.2, -0.15) is 0 Å². The number of fused-ring (bicyclic) bond motifs is 1. The Kier molecular flexibility index (Phi) is 1.62. The Morgan fingerprint density at radius 3 is 2.93 bits per heavy atom.